The molecule has 0 fully saturated rings. The molecule has 0 radical (unpaired) electrons. The molecule has 0 bridgehead atoms. The molecule has 0 saturated carbocycles. The largest absolute Gasteiger partial charge is 0.452 e. The van der Waals surface area contributed by atoms with E-state index in [0.717, 1.165) is 0 Å². The number of alkyl halides is 3. The molecule has 19 heavy (non-hydrogen) atoms. The lowest BCUT2D eigenvalue weighted by Crippen LogP contribution is -2.06. The number of hydrogen-bond acceptors (Lipinski definition) is 6. The van der Waals surface area contributed by atoms with Gasteiger partial charge in [0.1, 0.15) is 11.8 Å². The molecule has 0 atom stereocenters. The van der Waals surface area contributed by atoms with Gasteiger partial charge < -0.3 is 10.5 Å². The number of nitrogens with two attached hydrogens (primary N) is 1. The first-order valence-electron chi connectivity index (χ1n) is 4.78. The lowest BCUT2D eigenvalue weighted by atomic mass is 10.2. The molecule has 0 aliphatic heterocycles. The summed E-state index contributed by atoms with van der Waals surface area (Å²) in [4.78, 5) is 3.19. The van der Waals surface area contributed by atoms with Gasteiger partial charge >= 0.3 is 6.18 Å². The summed E-state index contributed by atoms with van der Waals surface area (Å²) in [6, 6.07) is 6.01. The number of anilines is 1. The van der Waals surface area contributed by atoms with Crippen LogP contribution in [0.15, 0.2) is 18.2 Å². The monoisotopic (exact) mass is 286 g/mol. The minimum atomic E-state index is -4.63. The van der Waals surface area contributed by atoms with E-state index in [4.69, 9.17) is 15.7 Å². The lowest BCUT2D eigenvalue weighted by molar-refractivity contribution is -0.144. The number of benzene rings is 1. The number of nitrogen functional groups attached to an aromatic ring is 1. The van der Waals surface area contributed by atoms with Crippen LogP contribution in [0.2, 0.25) is 0 Å². The summed E-state index contributed by atoms with van der Waals surface area (Å²) < 4.78 is 45.1. The molecule has 2 rings (SSSR count). The highest BCUT2D eigenvalue weighted by molar-refractivity contribution is 7.07. The quantitative estimate of drug-likeness (QED) is 0.858. The average molecular weight is 286 g/mol. The third kappa shape index (κ3) is 2.92. The van der Waals surface area contributed by atoms with E-state index in [1.807, 2.05) is 6.07 Å². The summed E-state index contributed by atoms with van der Waals surface area (Å²) in [6.45, 7) is 0. The Morgan fingerprint density at radius 2 is 2.11 bits per heavy atom. The Kier molecular flexibility index (Phi) is 3.26. The number of nitrogens with zero attached hydrogens (tertiary/aromatic N) is 3. The van der Waals surface area contributed by atoms with E-state index in [2.05, 4.69) is 9.36 Å². The van der Waals surface area contributed by atoms with Crippen molar-refractivity contribution in [2.75, 3.05) is 5.73 Å². The van der Waals surface area contributed by atoms with Crippen molar-refractivity contribution >= 4 is 17.2 Å². The number of hydrogen-bond donors (Lipinski definition) is 1. The Morgan fingerprint density at radius 1 is 1.37 bits per heavy atom. The summed E-state index contributed by atoms with van der Waals surface area (Å²) >= 11 is 0.451. The predicted octanol–water partition coefficient (Wildman–Crippen LogP) is 2.80. The summed E-state index contributed by atoms with van der Waals surface area (Å²) in [5.41, 5.74) is 5.92. The van der Waals surface area contributed by atoms with E-state index in [1.54, 1.807) is 0 Å². The van der Waals surface area contributed by atoms with Gasteiger partial charge in [-0.05, 0) is 18.2 Å². The van der Waals surface area contributed by atoms with Crippen LogP contribution in [-0.2, 0) is 6.18 Å². The molecule has 2 N–H and O–H groups in total. The van der Waals surface area contributed by atoms with Crippen LogP contribution in [0.5, 0.6) is 10.9 Å². The van der Waals surface area contributed by atoms with Gasteiger partial charge in [-0.2, -0.15) is 27.8 Å². The van der Waals surface area contributed by atoms with Crippen molar-refractivity contribution in [1.82, 2.24) is 9.36 Å². The van der Waals surface area contributed by atoms with Gasteiger partial charge in [-0.25, -0.2) is 0 Å². The van der Waals surface area contributed by atoms with Crippen LogP contribution >= 0.6 is 11.5 Å². The normalized spacial score (nSPS) is 11.1. The van der Waals surface area contributed by atoms with Gasteiger partial charge in [0.15, 0.2) is 0 Å². The fourth-order valence-electron chi connectivity index (χ4n) is 1.18. The third-order valence-corrected chi connectivity index (χ3v) is 2.58. The van der Waals surface area contributed by atoms with Crippen molar-refractivity contribution in [3.8, 4) is 17.0 Å². The molecule has 0 aliphatic carbocycles. The first kappa shape index (κ1) is 13.1. The van der Waals surface area contributed by atoms with E-state index < -0.39 is 12.0 Å². The van der Waals surface area contributed by atoms with E-state index in [9.17, 15) is 13.2 Å². The van der Waals surface area contributed by atoms with Gasteiger partial charge in [0, 0.05) is 17.2 Å². The van der Waals surface area contributed by atoms with Crippen molar-refractivity contribution < 1.29 is 17.9 Å². The van der Waals surface area contributed by atoms with Gasteiger partial charge in [-0.1, -0.05) is 0 Å². The maximum atomic E-state index is 12.3. The van der Waals surface area contributed by atoms with Gasteiger partial charge in [0.25, 0.3) is 11.0 Å². The summed E-state index contributed by atoms with van der Waals surface area (Å²) in [5.74, 6) is -1.21. The van der Waals surface area contributed by atoms with E-state index in [1.165, 1.54) is 18.2 Å². The second-order valence-electron chi connectivity index (χ2n) is 3.35. The fourth-order valence-corrected chi connectivity index (χ4v) is 1.75. The van der Waals surface area contributed by atoms with Gasteiger partial charge in [0.05, 0.1) is 5.56 Å². The zero-order chi connectivity index (χ0) is 14.0. The van der Waals surface area contributed by atoms with Crippen molar-refractivity contribution in [3.63, 3.8) is 0 Å². The number of nitriles is 1. The molecule has 0 amide bonds. The molecular formula is C10H5F3N4OS. The van der Waals surface area contributed by atoms with Crippen LogP contribution in [-0.4, -0.2) is 9.36 Å². The highest BCUT2D eigenvalue weighted by Gasteiger charge is 2.36. The molecule has 0 aliphatic rings. The Morgan fingerprint density at radius 3 is 2.68 bits per heavy atom. The minimum absolute atomic E-state index is 0.0709. The Balaban J connectivity index is 2.27. The van der Waals surface area contributed by atoms with Crippen molar-refractivity contribution in [3.05, 3.63) is 29.6 Å². The van der Waals surface area contributed by atoms with Crippen molar-refractivity contribution in [2.45, 2.75) is 6.18 Å². The Bertz CT molecular complexity index is 647. The average Bonchev–Trinajstić information content (AvgIpc) is 2.79. The molecule has 2 aromatic rings. The summed E-state index contributed by atoms with van der Waals surface area (Å²) in [7, 11) is 0. The molecule has 0 unspecified atom stereocenters. The third-order valence-electron chi connectivity index (χ3n) is 1.98. The molecule has 9 heteroatoms. The SMILES string of the molecule is N#Cc1cc(N)ccc1Oc1nc(C(F)(F)F)ns1. The summed E-state index contributed by atoms with van der Waals surface area (Å²) in [5, 5.41) is 8.56. The van der Waals surface area contributed by atoms with Gasteiger partial charge in [0.2, 0.25) is 0 Å². The standard InChI is InChI=1S/C10H5F3N4OS/c11-10(12,13)8-16-9(19-17-8)18-7-2-1-6(15)3-5(7)4-14/h1-3H,15H2. The van der Waals surface area contributed by atoms with Crippen LogP contribution in [0.25, 0.3) is 0 Å². The second kappa shape index (κ2) is 4.74. The number of rotatable bonds is 2. The second-order valence-corrected chi connectivity index (χ2v) is 4.07. The predicted molar refractivity (Wildman–Crippen MR) is 60.6 cm³/mol. The first-order valence-corrected chi connectivity index (χ1v) is 5.56. The lowest BCUT2D eigenvalue weighted by Gasteiger charge is -2.04. The van der Waals surface area contributed by atoms with Crippen LogP contribution in [0.4, 0.5) is 18.9 Å². The zero-order valence-electron chi connectivity index (χ0n) is 9.10. The van der Waals surface area contributed by atoms with Crippen LogP contribution in [0, 0.1) is 11.3 Å². The number of ether oxygens (including phenoxy) is 1. The van der Waals surface area contributed by atoms with E-state index >= 15 is 0 Å². The Hall–Kier alpha value is -2.34. The number of halogens is 3. The van der Waals surface area contributed by atoms with Crippen molar-refractivity contribution in [1.29, 1.82) is 5.26 Å². The van der Waals surface area contributed by atoms with Gasteiger partial charge in [-0.15, -0.1) is 0 Å². The maximum absolute atomic E-state index is 12.3. The molecule has 98 valence electrons. The summed E-state index contributed by atoms with van der Waals surface area (Å²) in [6.07, 6.45) is -4.63. The molecule has 0 spiro atoms. The Labute approximate surface area is 109 Å². The van der Waals surface area contributed by atoms with Crippen LogP contribution in [0.3, 0.4) is 0 Å². The highest BCUT2D eigenvalue weighted by Crippen LogP contribution is 2.32. The first-order chi connectivity index (χ1) is 8.90. The molecule has 1 heterocycles. The number of aromatic nitrogens is 2. The van der Waals surface area contributed by atoms with Gasteiger partial charge in [-0.3, -0.25) is 0 Å². The molecule has 1 aromatic heterocycles. The molecule has 0 saturated heterocycles. The zero-order valence-corrected chi connectivity index (χ0v) is 9.92. The van der Waals surface area contributed by atoms with Crippen LogP contribution in [0.1, 0.15) is 11.4 Å². The van der Waals surface area contributed by atoms with E-state index in [-0.39, 0.29) is 16.5 Å². The molecule has 5 nitrogen and oxygen atoms in total. The molecule has 1 aromatic carbocycles. The van der Waals surface area contributed by atoms with Crippen LogP contribution < -0.4 is 10.5 Å². The minimum Gasteiger partial charge on any atom is -0.428 e. The van der Waals surface area contributed by atoms with Crippen molar-refractivity contribution in [2.24, 2.45) is 0 Å². The highest BCUT2D eigenvalue weighted by atomic mass is 32.1. The van der Waals surface area contributed by atoms with E-state index in [0.29, 0.717) is 17.2 Å². The smallest absolute Gasteiger partial charge is 0.428 e. The fraction of sp³-hybridized carbons (Fsp3) is 0.100. The molecular weight excluding hydrogens is 281 g/mol. The topological polar surface area (TPSA) is 84.8 Å². The maximum Gasteiger partial charge on any atom is 0.452 e.